The number of ketones is 1. The van der Waals surface area contributed by atoms with Crippen molar-refractivity contribution in [3.63, 3.8) is 0 Å². The molecule has 18 heavy (non-hydrogen) atoms. The summed E-state index contributed by atoms with van der Waals surface area (Å²) in [5.41, 5.74) is 1.41. The Hall–Kier alpha value is -1.77. The molecular weight excluding hydrogens is 228 g/mol. The molecule has 0 fully saturated rings. The molecule has 0 atom stereocenters. The minimum Gasteiger partial charge on any atom is -0.501 e. The molecule has 3 nitrogen and oxygen atoms in total. The molecule has 0 aliphatic carbocycles. The molecule has 0 spiro atoms. The molecule has 1 aromatic rings. The number of ether oxygens (including phenoxy) is 2. The van der Waals surface area contributed by atoms with Crippen molar-refractivity contribution in [2.24, 2.45) is 0 Å². The number of hydrogen-bond acceptors (Lipinski definition) is 3. The van der Waals surface area contributed by atoms with Crippen LogP contribution in [0.2, 0.25) is 0 Å². The highest BCUT2D eigenvalue weighted by Crippen LogP contribution is 2.20. The fourth-order valence-corrected chi connectivity index (χ4v) is 1.86. The van der Waals surface area contributed by atoms with Crippen LogP contribution < -0.4 is 4.74 Å². The zero-order valence-electron chi connectivity index (χ0n) is 10.6. The lowest BCUT2D eigenvalue weighted by Gasteiger charge is -2.13. The average molecular weight is 246 g/mol. The number of carbonyl (C=O) groups excluding carboxylic acids is 1. The van der Waals surface area contributed by atoms with Gasteiger partial charge in [0.15, 0.2) is 5.78 Å². The Labute approximate surface area is 107 Å². The van der Waals surface area contributed by atoms with E-state index in [1.54, 1.807) is 12.3 Å². The smallest absolute Gasteiger partial charge is 0.192 e. The first-order chi connectivity index (χ1) is 8.81. The highest BCUT2D eigenvalue weighted by Gasteiger charge is 2.15. The molecular formula is C15H18O3. The van der Waals surface area contributed by atoms with Crippen LogP contribution in [0.25, 0.3) is 0 Å². The summed E-state index contributed by atoms with van der Waals surface area (Å²) in [6.07, 6.45) is 4.24. The quantitative estimate of drug-likeness (QED) is 0.747. The average Bonchev–Trinajstić information content (AvgIpc) is 2.45. The second kappa shape index (κ2) is 6.24. The predicted molar refractivity (Wildman–Crippen MR) is 69.8 cm³/mol. The maximum Gasteiger partial charge on any atom is 0.192 e. The molecule has 0 bridgehead atoms. The molecule has 0 aromatic heterocycles. The Morgan fingerprint density at radius 3 is 3.06 bits per heavy atom. The highest BCUT2D eigenvalue weighted by atomic mass is 16.5. The van der Waals surface area contributed by atoms with Gasteiger partial charge in [-0.05, 0) is 31.4 Å². The van der Waals surface area contributed by atoms with E-state index in [1.807, 2.05) is 18.2 Å². The third kappa shape index (κ3) is 3.13. The van der Waals surface area contributed by atoms with Crippen molar-refractivity contribution in [1.29, 1.82) is 0 Å². The summed E-state index contributed by atoms with van der Waals surface area (Å²) >= 11 is 0. The van der Waals surface area contributed by atoms with Crippen LogP contribution in [0.4, 0.5) is 0 Å². The van der Waals surface area contributed by atoms with E-state index in [2.05, 4.69) is 6.92 Å². The van der Waals surface area contributed by atoms with Crippen LogP contribution in [0, 0.1) is 0 Å². The molecule has 2 rings (SSSR count). The first kappa shape index (κ1) is 12.7. The number of rotatable bonds is 5. The van der Waals surface area contributed by atoms with Gasteiger partial charge in [0.2, 0.25) is 0 Å². The van der Waals surface area contributed by atoms with Gasteiger partial charge >= 0.3 is 0 Å². The van der Waals surface area contributed by atoms with Crippen LogP contribution in [0.1, 0.15) is 36.5 Å². The Kier molecular flexibility index (Phi) is 4.40. The largest absolute Gasteiger partial charge is 0.501 e. The SMILES string of the molecule is CCCOc1cccc(C(=O)C2=COCCC2)c1. The lowest BCUT2D eigenvalue weighted by atomic mass is 10.00. The number of carbonyl (C=O) groups is 1. The minimum absolute atomic E-state index is 0.0386. The van der Waals surface area contributed by atoms with Crippen molar-refractivity contribution in [3.05, 3.63) is 41.7 Å². The fraction of sp³-hybridized carbons (Fsp3) is 0.400. The standard InChI is InChI=1S/C15H18O3/c1-2-8-18-14-7-3-5-12(10-14)15(16)13-6-4-9-17-11-13/h3,5,7,10-11H,2,4,6,8-9H2,1H3. The van der Waals surface area contributed by atoms with Gasteiger partial charge in [-0.15, -0.1) is 0 Å². The van der Waals surface area contributed by atoms with Gasteiger partial charge in [-0.3, -0.25) is 4.79 Å². The van der Waals surface area contributed by atoms with Crippen molar-refractivity contribution in [3.8, 4) is 5.75 Å². The first-order valence-corrected chi connectivity index (χ1v) is 6.39. The predicted octanol–water partition coefficient (Wildman–Crippen LogP) is 3.35. The Bertz CT molecular complexity index is 449. The second-order valence-electron chi connectivity index (χ2n) is 4.32. The molecule has 0 amide bonds. The van der Waals surface area contributed by atoms with E-state index in [-0.39, 0.29) is 5.78 Å². The van der Waals surface area contributed by atoms with E-state index in [0.29, 0.717) is 18.8 Å². The first-order valence-electron chi connectivity index (χ1n) is 6.39. The zero-order chi connectivity index (χ0) is 12.8. The maximum atomic E-state index is 12.2. The Balaban J connectivity index is 2.12. The summed E-state index contributed by atoms with van der Waals surface area (Å²) in [6.45, 7) is 3.43. The molecule has 1 heterocycles. The van der Waals surface area contributed by atoms with Crippen molar-refractivity contribution in [1.82, 2.24) is 0 Å². The number of allylic oxidation sites excluding steroid dienone is 1. The van der Waals surface area contributed by atoms with E-state index < -0.39 is 0 Å². The van der Waals surface area contributed by atoms with Crippen molar-refractivity contribution < 1.29 is 14.3 Å². The van der Waals surface area contributed by atoms with Crippen LogP contribution in [0.15, 0.2) is 36.1 Å². The monoisotopic (exact) mass is 246 g/mol. The topological polar surface area (TPSA) is 35.5 Å². The molecule has 0 saturated heterocycles. The summed E-state index contributed by atoms with van der Waals surface area (Å²) in [4.78, 5) is 12.2. The molecule has 1 aliphatic rings. The molecule has 1 aromatic carbocycles. The molecule has 1 aliphatic heterocycles. The summed E-state index contributed by atoms with van der Waals surface area (Å²) in [5, 5.41) is 0. The molecule has 0 unspecified atom stereocenters. The van der Waals surface area contributed by atoms with Crippen LogP contribution >= 0.6 is 0 Å². The Morgan fingerprint density at radius 2 is 2.33 bits per heavy atom. The van der Waals surface area contributed by atoms with E-state index in [1.165, 1.54) is 0 Å². The van der Waals surface area contributed by atoms with Crippen LogP contribution in [0.5, 0.6) is 5.75 Å². The number of benzene rings is 1. The van der Waals surface area contributed by atoms with Crippen molar-refractivity contribution in [2.45, 2.75) is 26.2 Å². The van der Waals surface area contributed by atoms with Crippen LogP contribution in [0.3, 0.4) is 0 Å². The molecule has 96 valence electrons. The van der Waals surface area contributed by atoms with Gasteiger partial charge < -0.3 is 9.47 Å². The van der Waals surface area contributed by atoms with Gasteiger partial charge in [0.1, 0.15) is 5.75 Å². The minimum atomic E-state index is 0.0386. The van der Waals surface area contributed by atoms with Gasteiger partial charge in [0, 0.05) is 11.1 Å². The third-order valence-electron chi connectivity index (χ3n) is 2.79. The summed E-state index contributed by atoms with van der Waals surface area (Å²) in [5.74, 6) is 0.789. The lowest BCUT2D eigenvalue weighted by Crippen LogP contribution is -2.09. The van der Waals surface area contributed by atoms with Crippen molar-refractivity contribution in [2.75, 3.05) is 13.2 Å². The van der Waals surface area contributed by atoms with Crippen LogP contribution in [-0.2, 0) is 4.74 Å². The molecule has 0 N–H and O–H groups in total. The summed E-state index contributed by atoms with van der Waals surface area (Å²) in [6, 6.07) is 7.34. The summed E-state index contributed by atoms with van der Waals surface area (Å²) < 4.78 is 10.7. The van der Waals surface area contributed by atoms with E-state index in [9.17, 15) is 4.79 Å². The van der Waals surface area contributed by atoms with Crippen LogP contribution in [-0.4, -0.2) is 19.0 Å². The normalized spacial score (nSPS) is 14.6. The molecule has 3 heteroatoms. The zero-order valence-corrected chi connectivity index (χ0v) is 10.6. The number of Topliss-reactive ketones (excluding diaryl/α,β-unsaturated/α-hetero) is 1. The van der Waals surface area contributed by atoms with Gasteiger partial charge in [-0.2, -0.15) is 0 Å². The molecule has 0 saturated carbocycles. The lowest BCUT2D eigenvalue weighted by molar-refractivity contribution is 0.101. The van der Waals surface area contributed by atoms with Gasteiger partial charge in [-0.25, -0.2) is 0 Å². The number of hydrogen-bond donors (Lipinski definition) is 0. The Morgan fingerprint density at radius 1 is 1.44 bits per heavy atom. The fourth-order valence-electron chi connectivity index (χ4n) is 1.86. The highest BCUT2D eigenvalue weighted by molar-refractivity contribution is 6.08. The van der Waals surface area contributed by atoms with E-state index in [4.69, 9.17) is 9.47 Å². The van der Waals surface area contributed by atoms with E-state index >= 15 is 0 Å². The second-order valence-corrected chi connectivity index (χ2v) is 4.32. The third-order valence-corrected chi connectivity index (χ3v) is 2.79. The van der Waals surface area contributed by atoms with Gasteiger partial charge in [0.25, 0.3) is 0 Å². The summed E-state index contributed by atoms with van der Waals surface area (Å²) in [7, 11) is 0. The van der Waals surface area contributed by atoms with Gasteiger partial charge in [0.05, 0.1) is 19.5 Å². The van der Waals surface area contributed by atoms with Crippen molar-refractivity contribution >= 4 is 5.78 Å². The van der Waals surface area contributed by atoms with E-state index in [0.717, 1.165) is 30.6 Å². The van der Waals surface area contributed by atoms with Gasteiger partial charge in [-0.1, -0.05) is 19.1 Å². The molecule has 0 radical (unpaired) electrons. The maximum absolute atomic E-state index is 12.2.